The van der Waals surface area contributed by atoms with Crippen LogP contribution in [0, 0.1) is 5.92 Å². The summed E-state index contributed by atoms with van der Waals surface area (Å²) in [6, 6.07) is 9.60. The van der Waals surface area contributed by atoms with Crippen LogP contribution in [0.5, 0.6) is 0 Å². The summed E-state index contributed by atoms with van der Waals surface area (Å²) < 4.78 is 5.65. The molecule has 2 aliphatic rings. The van der Waals surface area contributed by atoms with Gasteiger partial charge >= 0.3 is 5.97 Å². The predicted octanol–water partition coefficient (Wildman–Crippen LogP) is 3.45. The summed E-state index contributed by atoms with van der Waals surface area (Å²) in [6.07, 6.45) is 5.59. The van der Waals surface area contributed by atoms with Crippen molar-refractivity contribution >= 4 is 39.1 Å². The molecule has 1 heterocycles. The van der Waals surface area contributed by atoms with Crippen molar-refractivity contribution in [3.05, 3.63) is 64.2 Å². The van der Waals surface area contributed by atoms with Crippen molar-refractivity contribution in [1.29, 1.82) is 0 Å². The number of amides is 1. The SMILES string of the molecule is COC(=O)CC1=C(c2ccccc2)C2C=C(Br)C=CC2=NC1=O. The molecule has 4 nitrogen and oxygen atoms in total. The molecule has 0 spiro atoms. The second-order valence-corrected chi connectivity index (χ2v) is 6.13. The minimum atomic E-state index is -0.449. The highest BCUT2D eigenvalue weighted by Crippen LogP contribution is 2.38. The van der Waals surface area contributed by atoms with E-state index in [9.17, 15) is 9.59 Å². The molecular weight excluding hydrogens is 358 g/mol. The van der Waals surface area contributed by atoms with Crippen LogP contribution in [0.25, 0.3) is 5.57 Å². The van der Waals surface area contributed by atoms with E-state index in [2.05, 4.69) is 20.9 Å². The Balaban J connectivity index is 2.17. The zero-order chi connectivity index (χ0) is 16.4. The number of methoxy groups -OCH3 is 1. The summed E-state index contributed by atoms with van der Waals surface area (Å²) in [7, 11) is 1.31. The quantitative estimate of drug-likeness (QED) is 0.764. The third-order valence-electron chi connectivity index (χ3n) is 3.82. The van der Waals surface area contributed by atoms with Gasteiger partial charge in [-0.2, -0.15) is 0 Å². The van der Waals surface area contributed by atoms with Gasteiger partial charge in [-0.3, -0.25) is 9.59 Å². The van der Waals surface area contributed by atoms with E-state index >= 15 is 0 Å². The van der Waals surface area contributed by atoms with Crippen molar-refractivity contribution in [2.75, 3.05) is 7.11 Å². The molecule has 1 aliphatic carbocycles. The van der Waals surface area contributed by atoms with Gasteiger partial charge in [0.25, 0.3) is 5.91 Å². The van der Waals surface area contributed by atoms with Crippen molar-refractivity contribution in [2.24, 2.45) is 10.9 Å². The van der Waals surface area contributed by atoms with E-state index in [1.54, 1.807) is 0 Å². The molecule has 0 radical (unpaired) electrons. The fourth-order valence-corrected chi connectivity index (χ4v) is 3.15. The maximum atomic E-state index is 12.4. The number of aliphatic imine (C=N–C) groups is 1. The Hall–Kier alpha value is -2.27. The molecule has 1 atom stereocenters. The first-order chi connectivity index (χ1) is 11.1. The standard InChI is InChI=1S/C18H14BrNO3/c1-23-16(21)10-14-17(11-5-3-2-4-6-11)13-9-12(19)7-8-15(13)20-18(14)22/h2-9,13H,10H2,1H3. The number of fused-ring (bicyclic) bond motifs is 1. The van der Waals surface area contributed by atoms with E-state index in [0.29, 0.717) is 11.3 Å². The minimum Gasteiger partial charge on any atom is -0.469 e. The molecule has 116 valence electrons. The van der Waals surface area contributed by atoms with E-state index < -0.39 is 5.97 Å². The molecule has 1 unspecified atom stereocenters. The lowest BCUT2D eigenvalue weighted by atomic mass is 9.80. The molecule has 3 rings (SSSR count). The van der Waals surface area contributed by atoms with E-state index in [-0.39, 0.29) is 18.2 Å². The van der Waals surface area contributed by atoms with Crippen molar-refractivity contribution < 1.29 is 14.3 Å². The highest BCUT2D eigenvalue weighted by molar-refractivity contribution is 9.11. The molecule has 0 fully saturated rings. The lowest BCUT2D eigenvalue weighted by Gasteiger charge is -2.27. The Morgan fingerprint density at radius 2 is 2.00 bits per heavy atom. The van der Waals surface area contributed by atoms with E-state index in [1.807, 2.05) is 48.6 Å². The molecule has 0 aromatic heterocycles. The van der Waals surface area contributed by atoms with Crippen LogP contribution in [-0.4, -0.2) is 24.7 Å². The van der Waals surface area contributed by atoms with Gasteiger partial charge in [0.2, 0.25) is 0 Å². The normalized spacial score (nSPS) is 19.9. The lowest BCUT2D eigenvalue weighted by molar-refractivity contribution is -0.140. The molecule has 0 N–H and O–H groups in total. The molecule has 23 heavy (non-hydrogen) atoms. The van der Waals surface area contributed by atoms with Crippen LogP contribution < -0.4 is 0 Å². The fourth-order valence-electron chi connectivity index (χ4n) is 2.75. The molecule has 1 aliphatic heterocycles. The van der Waals surface area contributed by atoms with Gasteiger partial charge < -0.3 is 4.74 Å². The number of dihydropyridines is 1. The fraction of sp³-hybridized carbons (Fsp3) is 0.167. The highest BCUT2D eigenvalue weighted by atomic mass is 79.9. The van der Waals surface area contributed by atoms with Crippen LogP contribution in [0.15, 0.2) is 63.6 Å². The first-order valence-corrected chi connectivity index (χ1v) is 7.93. The van der Waals surface area contributed by atoms with E-state index in [1.165, 1.54) is 7.11 Å². The highest BCUT2D eigenvalue weighted by Gasteiger charge is 2.32. The van der Waals surface area contributed by atoms with Crippen LogP contribution in [0.3, 0.4) is 0 Å². The number of carbonyl (C=O) groups excluding carboxylic acids is 2. The number of ether oxygens (including phenoxy) is 1. The summed E-state index contributed by atoms with van der Waals surface area (Å²) in [6.45, 7) is 0. The summed E-state index contributed by atoms with van der Waals surface area (Å²) in [5.74, 6) is -0.986. The van der Waals surface area contributed by atoms with Crippen LogP contribution in [0.1, 0.15) is 12.0 Å². The first kappa shape index (κ1) is 15.6. The van der Waals surface area contributed by atoms with E-state index in [4.69, 9.17) is 4.74 Å². The molecule has 1 amide bonds. The number of nitrogens with zero attached hydrogens (tertiary/aromatic N) is 1. The monoisotopic (exact) mass is 371 g/mol. The van der Waals surface area contributed by atoms with Gasteiger partial charge in [-0.15, -0.1) is 0 Å². The van der Waals surface area contributed by atoms with Crippen LogP contribution in [0.4, 0.5) is 0 Å². The Bertz CT molecular complexity index is 788. The number of esters is 1. The second-order valence-electron chi connectivity index (χ2n) is 5.22. The second kappa shape index (κ2) is 6.46. The molecule has 5 heteroatoms. The topological polar surface area (TPSA) is 55.7 Å². The summed E-state index contributed by atoms with van der Waals surface area (Å²) in [4.78, 5) is 28.3. The third kappa shape index (κ3) is 3.10. The van der Waals surface area contributed by atoms with Crippen LogP contribution >= 0.6 is 15.9 Å². The zero-order valence-electron chi connectivity index (χ0n) is 12.5. The lowest BCUT2D eigenvalue weighted by Crippen LogP contribution is -2.25. The molecule has 1 aromatic carbocycles. The molecule has 0 saturated carbocycles. The average molecular weight is 372 g/mol. The maximum Gasteiger partial charge on any atom is 0.310 e. The smallest absolute Gasteiger partial charge is 0.310 e. The third-order valence-corrected chi connectivity index (χ3v) is 4.35. The summed E-state index contributed by atoms with van der Waals surface area (Å²) in [5.41, 5.74) is 2.80. The average Bonchev–Trinajstić information content (AvgIpc) is 2.56. The largest absolute Gasteiger partial charge is 0.469 e. The van der Waals surface area contributed by atoms with Gasteiger partial charge in [-0.05, 0) is 23.3 Å². The van der Waals surface area contributed by atoms with Crippen LogP contribution in [-0.2, 0) is 14.3 Å². The maximum absolute atomic E-state index is 12.4. The number of hydrogen-bond donors (Lipinski definition) is 0. The zero-order valence-corrected chi connectivity index (χ0v) is 14.0. The summed E-state index contributed by atoms with van der Waals surface area (Å²) >= 11 is 3.47. The molecular formula is C18H14BrNO3. The number of allylic oxidation sites excluding steroid dienone is 5. The Labute approximate surface area is 142 Å². The minimum absolute atomic E-state index is 0.0813. The van der Waals surface area contributed by atoms with Crippen molar-refractivity contribution in [3.8, 4) is 0 Å². The number of rotatable bonds is 3. The van der Waals surface area contributed by atoms with Gasteiger partial charge in [-0.1, -0.05) is 52.3 Å². The Morgan fingerprint density at radius 1 is 1.26 bits per heavy atom. The van der Waals surface area contributed by atoms with E-state index in [0.717, 1.165) is 15.6 Å². The van der Waals surface area contributed by atoms with Gasteiger partial charge in [0.15, 0.2) is 0 Å². The van der Waals surface area contributed by atoms with Gasteiger partial charge in [0, 0.05) is 16.0 Å². The number of benzene rings is 1. The van der Waals surface area contributed by atoms with Gasteiger partial charge in [-0.25, -0.2) is 4.99 Å². The predicted molar refractivity (Wildman–Crippen MR) is 92.1 cm³/mol. The van der Waals surface area contributed by atoms with Crippen molar-refractivity contribution in [2.45, 2.75) is 6.42 Å². The van der Waals surface area contributed by atoms with Gasteiger partial charge in [0.1, 0.15) is 0 Å². The van der Waals surface area contributed by atoms with Crippen molar-refractivity contribution in [3.63, 3.8) is 0 Å². The number of hydrogen-bond acceptors (Lipinski definition) is 3. The number of halogens is 1. The number of carbonyl (C=O) groups is 2. The Kier molecular flexibility index (Phi) is 4.39. The summed E-state index contributed by atoms with van der Waals surface area (Å²) in [5, 5.41) is 0. The Morgan fingerprint density at radius 3 is 2.70 bits per heavy atom. The van der Waals surface area contributed by atoms with Crippen molar-refractivity contribution in [1.82, 2.24) is 0 Å². The van der Waals surface area contributed by atoms with Gasteiger partial charge in [0.05, 0.1) is 19.2 Å². The molecule has 0 saturated heterocycles. The first-order valence-electron chi connectivity index (χ1n) is 7.13. The molecule has 0 bridgehead atoms. The molecule has 1 aromatic rings. The van der Waals surface area contributed by atoms with Crippen LogP contribution in [0.2, 0.25) is 0 Å².